The Bertz CT molecular complexity index is 77.0. The second-order valence-corrected chi connectivity index (χ2v) is 0.870. The third-order valence-corrected chi connectivity index (χ3v) is 0.383. The van der Waals surface area contributed by atoms with Crippen LogP contribution in [-0.4, -0.2) is 18.9 Å². The van der Waals surface area contributed by atoms with Crippen LogP contribution in [0.5, 0.6) is 0 Å². The molecule has 0 fully saturated rings. The van der Waals surface area contributed by atoms with Crippen molar-refractivity contribution in [2.24, 2.45) is 0 Å². The molecule has 0 atom stereocenters. The van der Waals surface area contributed by atoms with Gasteiger partial charge in [-0.2, -0.15) is 0 Å². The third kappa shape index (κ3) is 2.96. The van der Waals surface area contributed by atoms with Gasteiger partial charge in [0.15, 0.2) is 0 Å². The number of carbonyl (C=O) groups is 2. The summed E-state index contributed by atoms with van der Waals surface area (Å²) in [6.45, 7) is 1.90. The molecule has 0 unspecified atom stereocenters. The number of rotatable bonds is 2. The highest BCUT2D eigenvalue weighted by Gasteiger charge is 1.91. The van der Waals surface area contributed by atoms with Crippen molar-refractivity contribution >= 4 is 12.3 Å². The fraction of sp³-hybridized carbons (Fsp3) is 0.500. The summed E-state index contributed by atoms with van der Waals surface area (Å²) < 4.78 is 4.18. The van der Waals surface area contributed by atoms with Crippen LogP contribution in [0.4, 0.5) is 0 Å². The van der Waals surface area contributed by atoms with Gasteiger partial charge >= 0.3 is 5.97 Å². The summed E-state index contributed by atoms with van der Waals surface area (Å²) in [5.41, 5.74) is 0. The van der Waals surface area contributed by atoms with Gasteiger partial charge in [0.2, 0.25) is 6.29 Å². The van der Waals surface area contributed by atoms with Gasteiger partial charge in [0, 0.05) is 0 Å². The van der Waals surface area contributed by atoms with E-state index >= 15 is 0 Å². The molecule has 0 aliphatic heterocycles. The maximum atomic E-state index is 9.82. The van der Waals surface area contributed by atoms with E-state index in [0.717, 1.165) is 0 Å². The summed E-state index contributed by atoms with van der Waals surface area (Å²) in [4.78, 5) is 19.2. The summed E-state index contributed by atoms with van der Waals surface area (Å²) in [6.07, 6.45) is 0.142. The van der Waals surface area contributed by atoms with E-state index in [1.54, 1.807) is 6.92 Å². The van der Waals surface area contributed by atoms with Crippen LogP contribution in [0.15, 0.2) is 0 Å². The van der Waals surface area contributed by atoms with Gasteiger partial charge < -0.3 is 4.74 Å². The average molecular weight is 104 g/mol. The lowest BCUT2D eigenvalue weighted by atomic mass is 10.9. The molecule has 3 nitrogen and oxygen atoms in total. The molecule has 0 spiro atoms. The fourth-order valence-electron chi connectivity index (χ4n) is 0.176. The summed E-state index contributed by atoms with van der Waals surface area (Å²) >= 11 is 0. The molecule has 0 N–H and O–H groups in total. The van der Waals surface area contributed by atoms with E-state index in [1.165, 1.54) is 0 Å². The highest BCUT2D eigenvalue weighted by molar-refractivity contribution is 6.20. The standard InChI is InChI=1S/C4H6O3/c1-2-7-4(6)3-5/h3H,2H2,1H3/i3+1,4+1. The molecule has 0 radical (unpaired) electrons. The molecule has 0 aromatic heterocycles. The van der Waals surface area contributed by atoms with Crippen molar-refractivity contribution in [3.8, 4) is 0 Å². The molecule has 0 saturated carbocycles. The van der Waals surface area contributed by atoms with Crippen LogP contribution in [0, 0.1) is 0 Å². The van der Waals surface area contributed by atoms with Gasteiger partial charge in [-0.05, 0) is 6.92 Å². The zero-order chi connectivity index (χ0) is 5.70. The maximum absolute atomic E-state index is 9.82. The molecule has 0 aromatic rings. The molecule has 0 saturated heterocycles. The Morgan fingerprint density at radius 1 is 1.86 bits per heavy atom. The highest BCUT2D eigenvalue weighted by Crippen LogP contribution is 1.68. The topological polar surface area (TPSA) is 43.4 Å². The lowest BCUT2D eigenvalue weighted by Gasteiger charge is -1.88. The monoisotopic (exact) mass is 104 g/mol. The lowest BCUT2D eigenvalue weighted by molar-refractivity contribution is -0.148. The molecule has 0 rings (SSSR count). The molecule has 0 bridgehead atoms. The summed E-state index contributed by atoms with van der Waals surface area (Å²) in [5, 5.41) is 0. The van der Waals surface area contributed by atoms with E-state index in [9.17, 15) is 9.59 Å². The molecule has 40 valence electrons. The van der Waals surface area contributed by atoms with Crippen molar-refractivity contribution in [2.75, 3.05) is 6.61 Å². The smallest absolute Gasteiger partial charge is 0.371 e. The Kier molecular flexibility index (Phi) is 2.92. The zero-order valence-corrected chi connectivity index (χ0v) is 4.01. The van der Waals surface area contributed by atoms with Crippen molar-refractivity contribution in [3.63, 3.8) is 0 Å². The summed E-state index contributed by atoms with van der Waals surface area (Å²) in [7, 11) is 0. The Morgan fingerprint density at radius 3 is 2.57 bits per heavy atom. The zero-order valence-electron chi connectivity index (χ0n) is 4.01. The molecule has 0 aliphatic carbocycles. The van der Waals surface area contributed by atoms with Gasteiger partial charge in [0.05, 0.1) is 6.61 Å². The molecule has 0 amide bonds. The van der Waals surface area contributed by atoms with Crippen LogP contribution < -0.4 is 0 Å². The van der Waals surface area contributed by atoms with Gasteiger partial charge in [0.25, 0.3) is 0 Å². The fourth-order valence-corrected chi connectivity index (χ4v) is 0.176. The minimum absolute atomic E-state index is 0.142. The molecule has 0 aromatic carbocycles. The molecule has 3 heteroatoms. The number of carbonyl (C=O) groups excluding carboxylic acids is 2. The average Bonchev–Trinajstić information content (AvgIpc) is 1.68. The quantitative estimate of drug-likeness (QED) is 0.210. The van der Waals surface area contributed by atoms with Gasteiger partial charge in [-0.1, -0.05) is 0 Å². The molecule has 0 aliphatic rings. The van der Waals surface area contributed by atoms with E-state index in [1.807, 2.05) is 0 Å². The van der Waals surface area contributed by atoms with Gasteiger partial charge in [0.1, 0.15) is 0 Å². The number of hydrogen-bond acceptors (Lipinski definition) is 3. The van der Waals surface area contributed by atoms with Crippen LogP contribution >= 0.6 is 0 Å². The van der Waals surface area contributed by atoms with E-state index < -0.39 is 5.97 Å². The molecule has 7 heavy (non-hydrogen) atoms. The predicted octanol–water partition coefficient (Wildman–Crippen LogP) is -0.252. The minimum atomic E-state index is -0.803. The Balaban J connectivity index is 3.17. The Morgan fingerprint density at radius 2 is 2.43 bits per heavy atom. The van der Waals surface area contributed by atoms with Crippen LogP contribution in [0.2, 0.25) is 0 Å². The van der Waals surface area contributed by atoms with E-state index in [0.29, 0.717) is 0 Å². The third-order valence-electron chi connectivity index (χ3n) is 0.383. The largest absolute Gasteiger partial charge is 0.460 e. The summed E-state index contributed by atoms with van der Waals surface area (Å²) in [5.74, 6) is -0.803. The SMILES string of the molecule is CCO[13C](=O)[13CH]=O. The number of hydrogen-bond donors (Lipinski definition) is 0. The Hall–Kier alpha value is -0.860. The van der Waals surface area contributed by atoms with Crippen LogP contribution in [0.1, 0.15) is 6.92 Å². The second kappa shape index (κ2) is 3.33. The predicted molar refractivity (Wildman–Crippen MR) is 22.7 cm³/mol. The maximum Gasteiger partial charge on any atom is 0.371 e. The number of esters is 1. The normalized spacial score (nSPS) is 7.57. The van der Waals surface area contributed by atoms with Gasteiger partial charge in [-0.3, -0.25) is 4.79 Å². The van der Waals surface area contributed by atoms with Crippen molar-refractivity contribution in [3.05, 3.63) is 0 Å². The first-order valence-corrected chi connectivity index (χ1v) is 1.93. The highest BCUT2D eigenvalue weighted by atomic mass is 16.6. The molecular weight excluding hydrogens is 98.0 g/mol. The van der Waals surface area contributed by atoms with Crippen molar-refractivity contribution in [1.82, 2.24) is 0 Å². The second-order valence-electron chi connectivity index (χ2n) is 0.870. The van der Waals surface area contributed by atoms with Crippen molar-refractivity contribution in [2.45, 2.75) is 6.92 Å². The van der Waals surface area contributed by atoms with Gasteiger partial charge in [-0.15, -0.1) is 0 Å². The van der Waals surface area contributed by atoms with E-state index in [2.05, 4.69) is 4.74 Å². The molecular formula is C4H6O3. The van der Waals surface area contributed by atoms with E-state index in [4.69, 9.17) is 0 Å². The first-order valence-electron chi connectivity index (χ1n) is 1.93. The Labute approximate surface area is 41.3 Å². The van der Waals surface area contributed by atoms with Gasteiger partial charge in [-0.25, -0.2) is 4.79 Å². The number of ether oxygens (including phenoxy) is 1. The summed E-state index contributed by atoms with van der Waals surface area (Å²) in [6, 6.07) is 0. The van der Waals surface area contributed by atoms with Crippen molar-refractivity contribution < 1.29 is 14.3 Å². The molecule has 0 heterocycles. The van der Waals surface area contributed by atoms with Crippen LogP contribution in [-0.2, 0) is 14.3 Å². The minimum Gasteiger partial charge on any atom is -0.460 e. The van der Waals surface area contributed by atoms with Crippen LogP contribution in [0.3, 0.4) is 0 Å². The number of aldehydes is 1. The first-order chi connectivity index (χ1) is 3.31. The lowest BCUT2D eigenvalue weighted by Crippen LogP contribution is -2.03. The van der Waals surface area contributed by atoms with E-state index in [-0.39, 0.29) is 12.9 Å². The first kappa shape index (κ1) is 6.14. The van der Waals surface area contributed by atoms with Crippen LogP contribution in [0.25, 0.3) is 0 Å². The van der Waals surface area contributed by atoms with Crippen molar-refractivity contribution in [1.29, 1.82) is 0 Å².